The number of likely N-dealkylation sites (tertiary alicyclic amines) is 1. The standard InChI is InChI=1S/C15H31N3O/c1-12(2)9-13(10-16)14(19)17-11-15(3)5-7-18(4)8-6-15/h12-13H,5-11,16H2,1-4H3,(H,17,19). The summed E-state index contributed by atoms with van der Waals surface area (Å²) >= 11 is 0. The minimum atomic E-state index is -0.0325. The Kier molecular flexibility index (Phi) is 6.27. The van der Waals surface area contributed by atoms with E-state index in [4.69, 9.17) is 5.73 Å². The van der Waals surface area contributed by atoms with E-state index in [1.807, 2.05) is 0 Å². The Balaban J connectivity index is 2.40. The van der Waals surface area contributed by atoms with Crippen LogP contribution in [-0.4, -0.2) is 44.0 Å². The summed E-state index contributed by atoms with van der Waals surface area (Å²) in [5.41, 5.74) is 5.96. The van der Waals surface area contributed by atoms with Crippen LogP contribution in [0.2, 0.25) is 0 Å². The van der Waals surface area contributed by atoms with Crippen LogP contribution in [0.4, 0.5) is 0 Å². The molecule has 1 unspecified atom stereocenters. The first kappa shape index (κ1) is 16.4. The third-order valence-corrected chi connectivity index (χ3v) is 4.29. The van der Waals surface area contributed by atoms with Gasteiger partial charge in [-0.15, -0.1) is 0 Å². The number of nitrogens with one attached hydrogen (secondary N) is 1. The second-order valence-corrected chi connectivity index (χ2v) is 6.89. The summed E-state index contributed by atoms with van der Waals surface area (Å²) in [6, 6.07) is 0. The molecule has 4 nitrogen and oxygen atoms in total. The normalized spacial score (nSPS) is 21.4. The first-order chi connectivity index (χ1) is 8.86. The molecule has 0 aromatic rings. The van der Waals surface area contributed by atoms with Gasteiger partial charge in [0.2, 0.25) is 5.91 Å². The molecule has 0 spiro atoms. The Morgan fingerprint density at radius 1 is 1.37 bits per heavy atom. The molecule has 1 rings (SSSR count). The third-order valence-electron chi connectivity index (χ3n) is 4.29. The van der Waals surface area contributed by atoms with E-state index in [1.54, 1.807) is 0 Å². The zero-order chi connectivity index (χ0) is 14.5. The molecule has 1 heterocycles. The lowest BCUT2D eigenvalue weighted by Gasteiger charge is -2.38. The van der Waals surface area contributed by atoms with E-state index in [0.29, 0.717) is 12.5 Å². The maximum atomic E-state index is 12.2. The Morgan fingerprint density at radius 2 is 1.95 bits per heavy atom. The van der Waals surface area contributed by atoms with Gasteiger partial charge in [0.05, 0.1) is 5.92 Å². The van der Waals surface area contributed by atoms with Crippen LogP contribution in [0.1, 0.15) is 40.0 Å². The van der Waals surface area contributed by atoms with E-state index < -0.39 is 0 Å². The van der Waals surface area contributed by atoms with Crippen LogP contribution in [0.5, 0.6) is 0 Å². The second kappa shape index (κ2) is 7.25. The van der Waals surface area contributed by atoms with Crippen molar-refractivity contribution in [3.8, 4) is 0 Å². The summed E-state index contributed by atoms with van der Waals surface area (Å²) in [6.45, 7) is 10.0. The first-order valence-corrected chi connectivity index (χ1v) is 7.52. The van der Waals surface area contributed by atoms with Crippen molar-refractivity contribution in [2.45, 2.75) is 40.0 Å². The van der Waals surface area contributed by atoms with E-state index in [0.717, 1.165) is 38.9 Å². The van der Waals surface area contributed by atoms with E-state index in [9.17, 15) is 4.79 Å². The molecule has 0 aromatic carbocycles. The highest BCUT2D eigenvalue weighted by Crippen LogP contribution is 2.29. The predicted octanol–water partition coefficient (Wildman–Crippen LogP) is 1.46. The van der Waals surface area contributed by atoms with Crippen LogP contribution < -0.4 is 11.1 Å². The Bertz CT molecular complexity index is 283. The first-order valence-electron chi connectivity index (χ1n) is 7.52. The number of amides is 1. The van der Waals surface area contributed by atoms with Gasteiger partial charge in [0, 0.05) is 13.1 Å². The highest BCUT2D eigenvalue weighted by atomic mass is 16.1. The fraction of sp³-hybridized carbons (Fsp3) is 0.933. The predicted molar refractivity (Wildman–Crippen MR) is 79.8 cm³/mol. The number of nitrogens with two attached hydrogens (primary N) is 1. The molecule has 1 fully saturated rings. The monoisotopic (exact) mass is 269 g/mol. The van der Waals surface area contributed by atoms with E-state index in [-0.39, 0.29) is 17.2 Å². The zero-order valence-electron chi connectivity index (χ0n) is 13.0. The van der Waals surface area contributed by atoms with Crippen molar-refractivity contribution in [1.29, 1.82) is 0 Å². The molecular formula is C15H31N3O. The van der Waals surface area contributed by atoms with Crippen molar-refractivity contribution in [3.05, 3.63) is 0 Å². The van der Waals surface area contributed by atoms with Crippen LogP contribution in [0.15, 0.2) is 0 Å². The Hall–Kier alpha value is -0.610. The maximum absolute atomic E-state index is 12.2. The Morgan fingerprint density at radius 3 is 2.42 bits per heavy atom. The molecule has 112 valence electrons. The van der Waals surface area contributed by atoms with Crippen molar-refractivity contribution in [3.63, 3.8) is 0 Å². The zero-order valence-corrected chi connectivity index (χ0v) is 13.0. The van der Waals surface area contributed by atoms with Gasteiger partial charge in [-0.3, -0.25) is 4.79 Å². The summed E-state index contributed by atoms with van der Waals surface area (Å²) in [5.74, 6) is 0.615. The minimum Gasteiger partial charge on any atom is -0.355 e. The van der Waals surface area contributed by atoms with Crippen molar-refractivity contribution >= 4 is 5.91 Å². The van der Waals surface area contributed by atoms with Crippen LogP contribution in [0.3, 0.4) is 0 Å². The number of carbonyl (C=O) groups excluding carboxylic acids is 1. The average Bonchev–Trinajstić information content (AvgIpc) is 2.37. The van der Waals surface area contributed by atoms with Crippen molar-refractivity contribution in [2.24, 2.45) is 23.0 Å². The number of rotatable bonds is 6. The van der Waals surface area contributed by atoms with Gasteiger partial charge in [0.1, 0.15) is 0 Å². The number of nitrogens with zero attached hydrogens (tertiary/aromatic N) is 1. The van der Waals surface area contributed by atoms with Crippen LogP contribution in [0, 0.1) is 17.3 Å². The lowest BCUT2D eigenvalue weighted by molar-refractivity contribution is -0.125. The SMILES string of the molecule is CC(C)CC(CN)C(=O)NCC1(C)CCN(C)CC1. The lowest BCUT2D eigenvalue weighted by atomic mass is 9.80. The van der Waals surface area contributed by atoms with Gasteiger partial charge in [-0.2, -0.15) is 0 Å². The van der Waals surface area contributed by atoms with Gasteiger partial charge in [0.25, 0.3) is 0 Å². The van der Waals surface area contributed by atoms with Gasteiger partial charge in [-0.05, 0) is 50.7 Å². The molecule has 1 amide bonds. The molecular weight excluding hydrogens is 238 g/mol. The number of hydrogen-bond acceptors (Lipinski definition) is 3. The van der Waals surface area contributed by atoms with Gasteiger partial charge >= 0.3 is 0 Å². The number of carbonyl (C=O) groups is 1. The third kappa shape index (κ3) is 5.49. The van der Waals surface area contributed by atoms with Crippen LogP contribution in [-0.2, 0) is 4.79 Å². The van der Waals surface area contributed by atoms with Crippen molar-refractivity contribution in [1.82, 2.24) is 10.2 Å². The largest absolute Gasteiger partial charge is 0.355 e. The van der Waals surface area contributed by atoms with Crippen LogP contribution >= 0.6 is 0 Å². The molecule has 0 aliphatic carbocycles. The van der Waals surface area contributed by atoms with E-state index in [2.05, 4.69) is 38.0 Å². The molecule has 0 radical (unpaired) electrons. The summed E-state index contributed by atoms with van der Waals surface area (Å²) in [5, 5.41) is 3.13. The molecule has 1 aliphatic rings. The summed E-state index contributed by atoms with van der Waals surface area (Å²) in [6.07, 6.45) is 3.18. The fourth-order valence-electron chi connectivity index (χ4n) is 2.66. The van der Waals surface area contributed by atoms with E-state index in [1.165, 1.54) is 0 Å². The smallest absolute Gasteiger partial charge is 0.224 e. The molecule has 1 saturated heterocycles. The highest BCUT2D eigenvalue weighted by Gasteiger charge is 2.30. The molecule has 19 heavy (non-hydrogen) atoms. The molecule has 0 bridgehead atoms. The lowest BCUT2D eigenvalue weighted by Crippen LogP contribution is -2.45. The summed E-state index contributed by atoms with van der Waals surface area (Å²) in [7, 11) is 2.16. The van der Waals surface area contributed by atoms with Crippen molar-refractivity contribution < 1.29 is 4.79 Å². The van der Waals surface area contributed by atoms with Gasteiger partial charge in [-0.25, -0.2) is 0 Å². The van der Waals surface area contributed by atoms with Gasteiger partial charge < -0.3 is 16.0 Å². The number of hydrogen-bond donors (Lipinski definition) is 2. The molecule has 1 aliphatic heterocycles. The number of piperidine rings is 1. The van der Waals surface area contributed by atoms with Gasteiger partial charge in [0.15, 0.2) is 0 Å². The molecule has 0 aromatic heterocycles. The maximum Gasteiger partial charge on any atom is 0.224 e. The minimum absolute atomic E-state index is 0.0325. The quantitative estimate of drug-likeness (QED) is 0.767. The highest BCUT2D eigenvalue weighted by molar-refractivity contribution is 5.78. The molecule has 1 atom stereocenters. The second-order valence-electron chi connectivity index (χ2n) is 6.89. The van der Waals surface area contributed by atoms with Crippen LogP contribution in [0.25, 0.3) is 0 Å². The van der Waals surface area contributed by atoms with Crippen molar-refractivity contribution in [2.75, 3.05) is 33.2 Å². The molecule has 3 N–H and O–H groups in total. The molecule has 0 saturated carbocycles. The van der Waals surface area contributed by atoms with E-state index >= 15 is 0 Å². The summed E-state index contributed by atoms with van der Waals surface area (Å²) < 4.78 is 0. The fourth-order valence-corrected chi connectivity index (χ4v) is 2.66. The Labute approximate surface area is 118 Å². The van der Waals surface area contributed by atoms with Gasteiger partial charge in [-0.1, -0.05) is 20.8 Å². The average molecular weight is 269 g/mol. The molecule has 4 heteroatoms. The summed E-state index contributed by atoms with van der Waals surface area (Å²) in [4.78, 5) is 14.5. The topological polar surface area (TPSA) is 58.4 Å².